The maximum absolute atomic E-state index is 14.2. The Hall–Kier alpha value is -4.63. The van der Waals surface area contributed by atoms with E-state index in [1.165, 1.54) is 5.56 Å². The summed E-state index contributed by atoms with van der Waals surface area (Å²) in [4.78, 5) is 45.1. The molecule has 2 unspecified atom stereocenters. The van der Waals surface area contributed by atoms with Crippen LogP contribution < -0.4 is 5.32 Å². The van der Waals surface area contributed by atoms with Gasteiger partial charge in [-0.1, -0.05) is 93.6 Å². The Bertz CT molecular complexity index is 1480. The minimum atomic E-state index is -0.824. The highest BCUT2D eigenvalue weighted by atomic mass is 16.3. The molecule has 0 bridgehead atoms. The summed E-state index contributed by atoms with van der Waals surface area (Å²) in [5.74, 6) is -0.281. The lowest BCUT2D eigenvalue weighted by molar-refractivity contribution is -0.189. The van der Waals surface area contributed by atoms with Gasteiger partial charge in [0.15, 0.2) is 0 Å². The Kier molecular flexibility index (Phi) is 9.06. The zero-order chi connectivity index (χ0) is 31.4. The lowest BCUT2D eigenvalue weighted by atomic mass is 9.86. The van der Waals surface area contributed by atoms with Gasteiger partial charge in [-0.25, -0.2) is 14.8 Å². The van der Waals surface area contributed by atoms with Crippen molar-refractivity contribution in [1.82, 2.24) is 25.1 Å². The van der Waals surface area contributed by atoms with Gasteiger partial charge in [-0.15, -0.1) is 6.58 Å². The third kappa shape index (κ3) is 6.78. The molecule has 0 radical (unpaired) electrons. The number of rotatable bonds is 8. The van der Waals surface area contributed by atoms with Crippen molar-refractivity contribution in [3.63, 3.8) is 0 Å². The molecule has 230 valence electrons. The van der Waals surface area contributed by atoms with Crippen LogP contribution in [0.25, 0.3) is 0 Å². The van der Waals surface area contributed by atoms with Gasteiger partial charge in [0.05, 0.1) is 13.1 Å². The zero-order valence-corrected chi connectivity index (χ0v) is 25.6. The number of hydrogen-bond donors (Lipinski definition) is 2. The van der Waals surface area contributed by atoms with Crippen LogP contribution in [0.15, 0.2) is 91.5 Å². The summed E-state index contributed by atoms with van der Waals surface area (Å²) in [5.41, 5.74) is 3.91. The number of hydrazine groups is 1. The first-order valence-electron chi connectivity index (χ1n) is 15.0. The first-order valence-corrected chi connectivity index (χ1v) is 15.0. The maximum Gasteiger partial charge on any atom is 0.334 e. The highest BCUT2D eigenvalue weighted by Crippen LogP contribution is 2.30. The number of phenols is 1. The van der Waals surface area contributed by atoms with Crippen molar-refractivity contribution < 1.29 is 19.5 Å². The van der Waals surface area contributed by atoms with E-state index in [4.69, 9.17) is 0 Å². The van der Waals surface area contributed by atoms with Gasteiger partial charge in [0, 0.05) is 26.1 Å². The van der Waals surface area contributed by atoms with E-state index in [1.54, 1.807) is 50.2 Å². The average molecular weight is 596 g/mol. The number of nitrogens with zero attached hydrogens (tertiary/aromatic N) is 4. The van der Waals surface area contributed by atoms with Gasteiger partial charge in [-0.2, -0.15) is 0 Å². The van der Waals surface area contributed by atoms with Crippen LogP contribution in [0.1, 0.15) is 43.0 Å². The molecular formula is C35H41N5O4. The summed E-state index contributed by atoms with van der Waals surface area (Å²) >= 11 is 0. The molecule has 2 aliphatic heterocycles. The molecule has 2 saturated heterocycles. The fourth-order valence-corrected chi connectivity index (χ4v) is 5.88. The predicted octanol–water partition coefficient (Wildman–Crippen LogP) is 4.43. The first kappa shape index (κ1) is 30.8. The molecule has 9 heteroatoms. The summed E-state index contributed by atoms with van der Waals surface area (Å²) in [7, 11) is 0. The normalized spacial score (nSPS) is 19.1. The van der Waals surface area contributed by atoms with Gasteiger partial charge >= 0.3 is 6.03 Å². The monoisotopic (exact) mass is 595 g/mol. The number of hydrogen-bond acceptors (Lipinski definition) is 5. The highest BCUT2D eigenvalue weighted by molar-refractivity contribution is 5.91. The summed E-state index contributed by atoms with van der Waals surface area (Å²) < 4.78 is 0. The second-order valence-corrected chi connectivity index (χ2v) is 12.5. The number of phenolic OH excluding ortho intramolecular Hbond substituents is 1. The van der Waals surface area contributed by atoms with Crippen molar-refractivity contribution in [3.8, 4) is 5.75 Å². The van der Waals surface area contributed by atoms with Crippen LogP contribution in [0.4, 0.5) is 4.79 Å². The zero-order valence-electron chi connectivity index (χ0n) is 25.6. The van der Waals surface area contributed by atoms with Crippen LogP contribution in [-0.4, -0.2) is 74.6 Å². The average Bonchev–Trinajstić information content (AvgIpc) is 2.99. The molecule has 2 heterocycles. The molecule has 2 aliphatic rings. The second kappa shape index (κ2) is 12.9. The lowest BCUT2D eigenvalue weighted by Crippen LogP contribution is -2.76. The Morgan fingerprint density at radius 1 is 0.955 bits per heavy atom. The number of nitrogens with one attached hydrogen (secondary N) is 1. The SMILES string of the molecule is C=CCN1CC(=O)N2C(Cc3ccc(O)cc3)C(=O)N(Cc3ccc(C(C)(C)C)cc3)CC2N1C(=O)NCc1ccccc1. The molecule has 2 fully saturated rings. The van der Waals surface area contributed by atoms with E-state index < -0.39 is 12.2 Å². The molecule has 3 aromatic carbocycles. The molecule has 4 amide bonds. The quantitative estimate of drug-likeness (QED) is 0.376. The second-order valence-electron chi connectivity index (χ2n) is 12.5. The molecule has 0 aliphatic carbocycles. The molecule has 2 N–H and O–H groups in total. The minimum Gasteiger partial charge on any atom is -0.508 e. The van der Waals surface area contributed by atoms with Crippen molar-refractivity contribution in [1.29, 1.82) is 0 Å². The third-order valence-electron chi connectivity index (χ3n) is 8.22. The largest absolute Gasteiger partial charge is 0.508 e. The van der Waals surface area contributed by atoms with Gasteiger partial charge in [-0.05, 0) is 39.8 Å². The van der Waals surface area contributed by atoms with Crippen molar-refractivity contribution in [2.75, 3.05) is 19.6 Å². The van der Waals surface area contributed by atoms with E-state index >= 15 is 0 Å². The van der Waals surface area contributed by atoms with Gasteiger partial charge in [-0.3, -0.25) is 9.59 Å². The molecule has 0 saturated carbocycles. The maximum atomic E-state index is 14.2. The molecule has 2 atom stereocenters. The van der Waals surface area contributed by atoms with E-state index in [0.29, 0.717) is 19.6 Å². The van der Waals surface area contributed by atoms with Crippen LogP contribution in [0.2, 0.25) is 0 Å². The van der Waals surface area contributed by atoms with Crippen molar-refractivity contribution in [2.24, 2.45) is 0 Å². The summed E-state index contributed by atoms with van der Waals surface area (Å²) in [5, 5.41) is 16.1. The number of aromatic hydroxyl groups is 1. The number of fused-ring (bicyclic) bond motifs is 1. The molecule has 3 aromatic rings. The fraction of sp³-hybridized carbons (Fsp3) is 0.343. The first-order chi connectivity index (χ1) is 21.0. The summed E-state index contributed by atoms with van der Waals surface area (Å²) in [6.45, 7) is 11.4. The van der Waals surface area contributed by atoms with Crippen LogP contribution in [-0.2, 0) is 34.5 Å². The highest BCUT2D eigenvalue weighted by Gasteiger charge is 2.51. The number of urea groups is 1. The molecule has 44 heavy (non-hydrogen) atoms. The van der Waals surface area contributed by atoms with E-state index in [2.05, 4.69) is 44.8 Å². The molecule has 9 nitrogen and oxygen atoms in total. The van der Waals surface area contributed by atoms with Crippen LogP contribution in [0, 0.1) is 0 Å². The molecular weight excluding hydrogens is 554 g/mol. The van der Waals surface area contributed by atoms with E-state index in [1.807, 2.05) is 42.5 Å². The number of amides is 4. The third-order valence-corrected chi connectivity index (χ3v) is 8.22. The Labute approximate surface area is 259 Å². The van der Waals surface area contributed by atoms with Crippen molar-refractivity contribution in [2.45, 2.75) is 57.9 Å². The Morgan fingerprint density at radius 2 is 1.61 bits per heavy atom. The van der Waals surface area contributed by atoms with Gasteiger partial charge < -0.3 is 20.2 Å². The van der Waals surface area contributed by atoms with E-state index in [0.717, 1.165) is 16.7 Å². The predicted molar refractivity (Wildman–Crippen MR) is 169 cm³/mol. The van der Waals surface area contributed by atoms with Crippen LogP contribution in [0.3, 0.4) is 0 Å². The fourth-order valence-electron chi connectivity index (χ4n) is 5.88. The topological polar surface area (TPSA) is 96.4 Å². The minimum absolute atomic E-state index is 0.000127. The van der Waals surface area contributed by atoms with Crippen LogP contribution >= 0.6 is 0 Å². The number of carbonyl (C=O) groups excluding carboxylic acids is 3. The van der Waals surface area contributed by atoms with Crippen molar-refractivity contribution in [3.05, 3.63) is 114 Å². The number of benzene rings is 3. The van der Waals surface area contributed by atoms with Crippen LogP contribution in [0.5, 0.6) is 5.75 Å². The smallest absolute Gasteiger partial charge is 0.334 e. The van der Waals surface area contributed by atoms with E-state index in [-0.39, 0.29) is 48.5 Å². The Morgan fingerprint density at radius 3 is 2.25 bits per heavy atom. The number of carbonyl (C=O) groups is 3. The summed E-state index contributed by atoms with van der Waals surface area (Å²) in [6.07, 6.45) is 1.19. The Balaban J connectivity index is 1.48. The molecule has 0 aromatic heterocycles. The number of piperazine rings is 1. The molecule has 0 spiro atoms. The van der Waals surface area contributed by atoms with Gasteiger partial charge in [0.25, 0.3) is 0 Å². The molecule has 5 rings (SSSR count). The lowest BCUT2D eigenvalue weighted by Gasteiger charge is -2.55. The summed E-state index contributed by atoms with van der Waals surface area (Å²) in [6, 6.07) is 23.3. The van der Waals surface area contributed by atoms with E-state index in [9.17, 15) is 19.5 Å². The standard InChI is InChI=1S/C35H41N5O4/c1-5-19-38-24-32(42)39-30(20-25-13-17-29(41)18-14-25)33(43)37(22-27-11-15-28(16-12-27)35(2,3)4)23-31(39)40(38)34(44)36-21-26-9-7-6-8-10-26/h5-18,30-31,41H,1,19-24H2,2-4H3,(H,36,44). The van der Waals surface area contributed by atoms with Gasteiger partial charge in [0.2, 0.25) is 11.8 Å². The van der Waals surface area contributed by atoms with Gasteiger partial charge in [0.1, 0.15) is 18.0 Å². The van der Waals surface area contributed by atoms with Crippen molar-refractivity contribution >= 4 is 17.8 Å².